The lowest BCUT2D eigenvalue weighted by molar-refractivity contribution is 0.106. The van der Waals surface area contributed by atoms with Gasteiger partial charge in [0.2, 0.25) is 5.28 Å². The summed E-state index contributed by atoms with van der Waals surface area (Å²) in [5.41, 5.74) is 0. The van der Waals surface area contributed by atoms with Crippen molar-refractivity contribution in [2.75, 3.05) is 11.9 Å². The number of aromatic nitrogens is 3. The third-order valence-corrected chi connectivity index (χ3v) is 3.53. The summed E-state index contributed by atoms with van der Waals surface area (Å²) in [5.74, 6) is 0.470. The van der Waals surface area contributed by atoms with Crippen LogP contribution in [0, 0.1) is 0 Å². The summed E-state index contributed by atoms with van der Waals surface area (Å²) in [4.78, 5) is 5.90. The van der Waals surface area contributed by atoms with Gasteiger partial charge in [0.05, 0.1) is 12.1 Å². The van der Waals surface area contributed by atoms with Gasteiger partial charge in [0.25, 0.3) is 0 Å². The number of nitrogens with zero attached hydrogens (tertiary/aromatic N) is 4. The lowest BCUT2D eigenvalue weighted by Gasteiger charge is -2.35. The lowest BCUT2D eigenvalue weighted by atomic mass is 9.92. The number of hydrogen-bond donors (Lipinski definition) is 1. The van der Waals surface area contributed by atoms with Crippen LogP contribution >= 0.6 is 23.2 Å². The Bertz CT molecular complexity index is 404. The van der Waals surface area contributed by atoms with Crippen molar-refractivity contribution in [2.45, 2.75) is 37.8 Å². The molecule has 17 heavy (non-hydrogen) atoms. The molecule has 1 saturated carbocycles. The minimum Gasteiger partial charge on any atom is -0.391 e. The molecule has 1 aliphatic carbocycles. The van der Waals surface area contributed by atoms with Crippen LogP contribution in [0.15, 0.2) is 0 Å². The number of rotatable bonds is 2. The van der Waals surface area contributed by atoms with Crippen molar-refractivity contribution in [3.63, 3.8) is 0 Å². The zero-order valence-corrected chi connectivity index (χ0v) is 11.0. The molecule has 1 heterocycles. The van der Waals surface area contributed by atoms with Crippen molar-refractivity contribution in [1.82, 2.24) is 15.2 Å². The van der Waals surface area contributed by atoms with Crippen molar-refractivity contribution < 1.29 is 5.11 Å². The molecular formula is C10H14Cl2N4O. The van der Waals surface area contributed by atoms with Gasteiger partial charge in [0.1, 0.15) is 0 Å². The van der Waals surface area contributed by atoms with Crippen LogP contribution in [0.25, 0.3) is 0 Å². The molecular weight excluding hydrogens is 263 g/mol. The number of likely N-dealkylation sites (N-methyl/N-ethyl adjacent to an activating group) is 1. The Kier molecular flexibility index (Phi) is 4.01. The molecule has 1 aromatic rings. The molecule has 2 atom stereocenters. The average Bonchev–Trinajstić information content (AvgIpc) is 2.32. The molecule has 94 valence electrons. The van der Waals surface area contributed by atoms with Crippen molar-refractivity contribution in [3.8, 4) is 0 Å². The van der Waals surface area contributed by atoms with Gasteiger partial charge in [-0.25, -0.2) is 0 Å². The van der Waals surface area contributed by atoms with Gasteiger partial charge in [-0.3, -0.25) is 0 Å². The largest absolute Gasteiger partial charge is 0.391 e. The second-order valence-electron chi connectivity index (χ2n) is 4.23. The summed E-state index contributed by atoms with van der Waals surface area (Å²) in [6, 6.07) is 0.00835. The Morgan fingerprint density at radius 3 is 2.65 bits per heavy atom. The number of aliphatic hydroxyl groups is 1. The first-order valence-corrected chi connectivity index (χ1v) is 6.32. The molecule has 1 aromatic heterocycles. The quantitative estimate of drug-likeness (QED) is 0.894. The molecule has 1 aliphatic rings. The number of hydrogen-bond acceptors (Lipinski definition) is 5. The molecule has 1 N–H and O–H groups in total. The molecule has 7 heteroatoms. The van der Waals surface area contributed by atoms with E-state index in [9.17, 15) is 5.11 Å². The summed E-state index contributed by atoms with van der Waals surface area (Å²) >= 11 is 11.6. The van der Waals surface area contributed by atoms with E-state index in [4.69, 9.17) is 23.2 Å². The predicted molar refractivity (Wildman–Crippen MR) is 66.5 cm³/mol. The van der Waals surface area contributed by atoms with E-state index in [1.165, 1.54) is 0 Å². The Hall–Kier alpha value is -0.650. The lowest BCUT2D eigenvalue weighted by Crippen LogP contribution is -2.44. The fourth-order valence-electron chi connectivity index (χ4n) is 2.21. The first-order valence-electron chi connectivity index (χ1n) is 5.56. The maximum atomic E-state index is 9.98. The molecule has 0 saturated heterocycles. The topological polar surface area (TPSA) is 62.1 Å². The first kappa shape index (κ1) is 12.8. The smallest absolute Gasteiger partial charge is 0.245 e. The zero-order valence-electron chi connectivity index (χ0n) is 9.48. The highest BCUT2D eigenvalue weighted by molar-refractivity contribution is 6.32. The fraction of sp³-hybridized carbons (Fsp3) is 0.700. The standard InChI is InChI=1S/C10H14Cl2N4O/c1-16(6-4-2-3-5-7(6)17)9-8(11)14-15-10(12)13-9/h6-7,17H,2-5H2,1H3. The molecule has 0 aromatic carbocycles. The van der Waals surface area contributed by atoms with E-state index in [-0.39, 0.29) is 22.6 Å². The molecule has 5 nitrogen and oxygen atoms in total. The summed E-state index contributed by atoms with van der Waals surface area (Å²) in [7, 11) is 1.84. The van der Waals surface area contributed by atoms with Crippen LogP contribution < -0.4 is 4.90 Å². The van der Waals surface area contributed by atoms with Crippen LogP contribution in [0.1, 0.15) is 25.7 Å². The normalized spacial score (nSPS) is 24.7. The summed E-state index contributed by atoms with van der Waals surface area (Å²) in [6.07, 6.45) is 3.51. The maximum absolute atomic E-state index is 9.98. The van der Waals surface area contributed by atoms with Crippen molar-refractivity contribution >= 4 is 29.0 Å². The van der Waals surface area contributed by atoms with Crippen molar-refractivity contribution in [2.24, 2.45) is 0 Å². The van der Waals surface area contributed by atoms with Gasteiger partial charge in [-0.15, -0.1) is 10.2 Å². The molecule has 0 amide bonds. The van der Waals surface area contributed by atoms with E-state index >= 15 is 0 Å². The molecule has 2 rings (SSSR count). The van der Waals surface area contributed by atoms with E-state index in [1.54, 1.807) is 0 Å². The SMILES string of the molecule is CN(c1nc(Cl)nnc1Cl)C1CCCCC1O. The molecule has 0 bridgehead atoms. The molecule has 2 unspecified atom stereocenters. The van der Waals surface area contributed by atoms with E-state index in [1.807, 2.05) is 11.9 Å². The van der Waals surface area contributed by atoms with Crippen LogP contribution in [0.4, 0.5) is 5.82 Å². The van der Waals surface area contributed by atoms with E-state index in [2.05, 4.69) is 15.2 Å². The van der Waals surface area contributed by atoms with Gasteiger partial charge in [-0.2, -0.15) is 4.98 Å². The summed E-state index contributed by atoms with van der Waals surface area (Å²) in [6.45, 7) is 0. The van der Waals surface area contributed by atoms with E-state index in [0.29, 0.717) is 5.82 Å². The average molecular weight is 277 g/mol. The van der Waals surface area contributed by atoms with Gasteiger partial charge in [0, 0.05) is 7.05 Å². The molecule has 0 aliphatic heterocycles. The second kappa shape index (κ2) is 5.33. The maximum Gasteiger partial charge on any atom is 0.245 e. The fourth-order valence-corrected chi connectivity index (χ4v) is 2.54. The summed E-state index contributed by atoms with van der Waals surface area (Å²) < 4.78 is 0. The third kappa shape index (κ3) is 2.78. The van der Waals surface area contributed by atoms with Crippen LogP contribution in [-0.2, 0) is 0 Å². The van der Waals surface area contributed by atoms with Crippen LogP contribution in [0.2, 0.25) is 10.4 Å². The zero-order chi connectivity index (χ0) is 12.4. The Labute approximate surface area is 110 Å². The minimum atomic E-state index is -0.362. The molecule has 1 fully saturated rings. The van der Waals surface area contributed by atoms with Crippen molar-refractivity contribution in [1.29, 1.82) is 0 Å². The number of halogens is 2. The highest BCUT2D eigenvalue weighted by Crippen LogP contribution is 2.28. The molecule has 0 spiro atoms. The van der Waals surface area contributed by atoms with Gasteiger partial charge < -0.3 is 10.0 Å². The highest BCUT2D eigenvalue weighted by Gasteiger charge is 2.29. The Balaban J connectivity index is 2.23. The minimum absolute atomic E-state index is 0.00835. The van der Waals surface area contributed by atoms with E-state index < -0.39 is 0 Å². The Morgan fingerprint density at radius 2 is 1.94 bits per heavy atom. The summed E-state index contributed by atoms with van der Waals surface area (Å²) in [5, 5.41) is 17.5. The highest BCUT2D eigenvalue weighted by atomic mass is 35.5. The van der Waals surface area contributed by atoms with Crippen LogP contribution in [-0.4, -0.2) is 39.5 Å². The van der Waals surface area contributed by atoms with Gasteiger partial charge in [0.15, 0.2) is 11.0 Å². The van der Waals surface area contributed by atoms with Crippen LogP contribution in [0.5, 0.6) is 0 Å². The second-order valence-corrected chi connectivity index (χ2v) is 4.92. The third-order valence-electron chi connectivity index (χ3n) is 3.13. The van der Waals surface area contributed by atoms with E-state index in [0.717, 1.165) is 25.7 Å². The predicted octanol–water partition coefficient (Wildman–Crippen LogP) is 1.92. The first-order chi connectivity index (χ1) is 8.09. The Morgan fingerprint density at radius 1 is 1.24 bits per heavy atom. The van der Waals surface area contributed by atoms with Crippen molar-refractivity contribution in [3.05, 3.63) is 10.4 Å². The molecule has 0 radical (unpaired) electrons. The number of aliphatic hydroxyl groups excluding tert-OH is 1. The van der Waals surface area contributed by atoms with Gasteiger partial charge in [-0.1, -0.05) is 24.4 Å². The number of anilines is 1. The monoisotopic (exact) mass is 276 g/mol. The van der Waals surface area contributed by atoms with Crippen LogP contribution in [0.3, 0.4) is 0 Å². The van der Waals surface area contributed by atoms with Gasteiger partial charge >= 0.3 is 0 Å². The van der Waals surface area contributed by atoms with Gasteiger partial charge in [-0.05, 0) is 24.4 Å².